The van der Waals surface area contributed by atoms with E-state index in [1.807, 2.05) is 0 Å². The lowest BCUT2D eigenvalue weighted by molar-refractivity contribution is -0.141. The zero-order valence-corrected chi connectivity index (χ0v) is 12.9. The lowest BCUT2D eigenvalue weighted by atomic mass is 10.1. The van der Waals surface area contributed by atoms with Crippen LogP contribution in [0, 0.1) is 11.7 Å². The summed E-state index contributed by atoms with van der Waals surface area (Å²) >= 11 is 0. The molecule has 24 heavy (non-hydrogen) atoms. The Labute approximate surface area is 137 Å². The number of amides is 1. The first-order chi connectivity index (χ1) is 11.5. The van der Waals surface area contributed by atoms with Gasteiger partial charge >= 0.3 is 5.97 Å². The molecule has 0 radical (unpaired) electrons. The van der Waals surface area contributed by atoms with Crippen LogP contribution in [-0.2, 0) is 16.0 Å². The number of hydrogen-bond acceptors (Lipinski definition) is 4. The van der Waals surface area contributed by atoms with Gasteiger partial charge in [0.15, 0.2) is 11.7 Å². The van der Waals surface area contributed by atoms with Gasteiger partial charge in [-0.1, -0.05) is 0 Å². The average molecular weight is 332 g/mol. The van der Waals surface area contributed by atoms with Gasteiger partial charge < -0.3 is 14.4 Å². The molecule has 1 amide bonds. The Kier molecular flexibility index (Phi) is 4.59. The monoisotopic (exact) mass is 332 g/mol. The largest absolute Gasteiger partial charge is 0.481 e. The Balaban J connectivity index is 1.55. The quantitative estimate of drug-likeness (QED) is 0.908. The summed E-state index contributed by atoms with van der Waals surface area (Å²) < 4.78 is 18.5. The minimum atomic E-state index is -0.859. The van der Waals surface area contributed by atoms with Crippen LogP contribution in [-0.4, -0.2) is 40.0 Å². The summed E-state index contributed by atoms with van der Waals surface area (Å²) in [7, 11) is 0. The molecule has 1 aromatic carbocycles. The Morgan fingerprint density at radius 2 is 2.08 bits per heavy atom. The molecule has 1 aromatic heterocycles. The van der Waals surface area contributed by atoms with Crippen LogP contribution in [0.1, 0.15) is 18.7 Å². The summed E-state index contributed by atoms with van der Waals surface area (Å²) in [4.78, 5) is 28.7. The summed E-state index contributed by atoms with van der Waals surface area (Å²) in [6.45, 7) is 0.739. The summed E-state index contributed by atoms with van der Waals surface area (Å²) in [6, 6.07) is 5.88. The average Bonchev–Trinajstić information content (AvgIpc) is 3.23. The molecule has 1 fully saturated rings. The van der Waals surface area contributed by atoms with E-state index in [2.05, 4.69) is 4.98 Å². The molecular formula is C17H17FN2O4. The first-order valence-electron chi connectivity index (χ1n) is 7.74. The number of likely N-dealkylation sites (tertiary alicyclic amines) is 1. The molecule has 1 aliphatic rings. The summed E-state index contributed by atoms with van der Waals surface area (Å²) in [6.07, 6.45) is 2.60. The fourth-order valence-corrected chi connectivity index (χ4v) is 2.73. The third-order valence-corrected chi connectivity index (χ3v) is 4.13. The first-order valence-corrected chi connectivity index (χ1v) is 7.74. The van der Waals surface area contributed by atoms with Crippen LogP contribution >= 0.6 is 0 Å². The van der Waals surface area contributed by atoms with Crippen molar-refractivity contribution < 1.29 is 23.5 Å². The SMILES string of the molecule is O=C(O)[C@H]1CCN(C(=O)CCc2ncc(-c3ccc(F)cc3)o2)C1. The van der Waals surface area contributed by atoms with Gasteiger partial charge in [0, 0.05) is 31.5 Å². The van der Waals surface area contributed by atoms with Crippen LogP contribution in [0.2, 0.25) is 0 Å². The van der Waals surface area contributed by atoms with Gasteiger partial charge in [-0.05, 0) is 30.7 Å². The van der Waals surface area contributed by atoms with E-state index in [1.165, 1.54) is 12.1 Å². The topological polar surface area (TPSA) is 83.6 Å². The van der Waals surface area contributed by atoms with Crippen LogP contribution in [0.4, 0.5) is 4.39 Å². The van der Waals surface area contributed by atoms with Crippen molar-refractivity contribution >= 4 is 11.9 Å². The smallest absolute Gasteiger partial charge is 0.308 e. The van der Waals surface area contributed by atoms with Gasteiger partial charge in [0.2, 0.25) is 5.91 Å². The molecule has 1 N–H and O–H groups in total. The molecule has 3 rings (SSSR count). The van der Waals surface area contributed by atoms with Crippen molar-refractivity contribution in [3.05, 3.63) is 42.2 Å². The van der Waals surface area contributed by atoms with Crippen LogP contribution in [0.15, 0.2) is 34.9 Å². The summed E-state index contributed by atoms with van der Waals surface area (Å²) in [5, 5.41) is 8.96. The zero-order valence-electron chi connectivity index (χ0n) is 12.9. The molecule has 0 unspecified atom stereocenters. The maximum atomic E-state index is 12.9. The highest BCUT2D eigenvalue weighted by molar-refractivity contribution is 5.78. The molecule has 2 heterocycles. The van der Waals surface area contributed by atoms with Crippen molar-refractivity contribution in [2.45, 2.75) is 19.3 Å². The van der Waals surface area contributed by atoms with Crippen LogP contribution in [0.25, 0.3) is 11.3 Å². The maximum Gasteiger partial charge on any atom is 0.308 e. The Morgan fingerprint density at radius 1 is 1.33 bits per heavy atom. The van der Waals surface area contributed by atoms with E-state index in [0.717, 1.165) is 0 Å². The number of oxazole rings is 1. The molecular weight excluding hydrogens is 315 g/mol. The van der Waals surface area contributed by atoms with Crippen molar-refractivity contribution in [3.8, 4) is 11.3 Å². The first kappa shape index (κ1) is 16.2. The van der Waals surface area contributed by atoms with Gasteiger partial charge in [-0.25, -0.2) is 9.37 Å². The van der Waals surface area contributed by atoms with Gasteiger partial charge in [0.25, 0.3) is 0 Å². The number of aryl methyl sites for hydroxylation is 1. The Bertz CT molecular complexity index is 741. The predicted octanol–water partition coefficient (Wildman–Crippen LogP) is 2.35. The van der Waals surface area contributed by atoms with E-state index in [9.17, 15) is 14.0 Å². The van der Waals surface area contributed by atoms with Gasteiger partial charge in [0.05, 0.1) is 12.1 Å². The molecule has 1 aliphatic heterocycles. The van der Waals surface area contributed by atoms with Crippen molar-refractivity contribution in [2.75, 3.05) is 13.1 Å². The highest BCUT2D eigenvalue weighted by Crippen LogP contribution is 2.22. The molecule has 7 heteroatoms. The van der Waals surface area contributed by atoms with Gasteiger partial charge in [0.1, 0.15) is 5.82 Å². The lowest BCUT2D eigenvalue weighted by Gasteiger charge is -2.14. The number of rotatable bonds is 5. The van der Waals surface area contributed by atoms with E-state index >= 15 is 0 Å². The summed E-state index contributed by atoms with van der Waals surface area (Å²) in [5.74, 6) is -0.807. The van der Waals surface area contributed by atoms with Gasteiger partial charge in [-0.2, -0.15) is 0 Å². The molecule has 2 aromatic rings. The van der Waals surface area contributed by atoms with Crippen molar-refractivity contribution in [2.24, 2.45) is 5.92 Å². The maximum absolute atomic E-state index is 12.9. The number of carboxylic acids is 1. The number of carbonyl (C=O) groups is 2. The van der Waals surface area contributed by atoms with Crippen LogP contribution in [0.3, 0.4) is 0 Å². The standard InChI is InChI=1S/C17H17FN2O4/c18-13-3-1-11(2-4-13)14-9-19-15(24-14)5-6-16(21)20-8-7-12(10-20)17(22)23/h1-4,9,12H,5-8,10H2,(H,22,23)/t12-/m0/s1. The van der Waals surface area contributed by atoms with Gasteiger partial charge in [-0.15, -0.1) is 0 Å². The minimum Gasteiger partial charge on any atom is -0.481 e. The molecule has 1 saturated heterocycles. The number of carboxylic acid groups (broad SMARTS) is 1. The highest BCUT2D eigenvalue weighted by Gasteiger charge is 2.30. The second-order valence-corrected chi connectivity index (χ2v) is 5.79. The molecule has 0 bridgehead atoms. The molecule has 6 nitrogen and oxygen atoms in total. The number of benzene rings is 1. The third-order valence-electron chi connectivity index (χ3n) is 4.13. The van der Waals surface area contributed by atoms with E-state index in [0.29, 0.717) is 36.6 Å². The van der Waals surface area contributed by atoms with Crippen LogP contribution in [0.5, 0.6) is 0 Å². The van der Waals surface area contributed by atoms with Crippen LogP contribution < -0.4 is 0 Å². The highest BCUT2D eigenvalue weighted by atomic mass is 19.1. The summed E-state index contributed by atoms with van der Waals surface area (Å²) in [5.41, 5.74) is 0.713. The number of aromatic nitrogens is 1. The fourth-order valence-electron chi connectivity index (χ4n) is 2.73. The number of hydrogen-bond donors (Lipinski definition) is 1. The normalized spacial score (nSPS) is 17.2. The second-order valence-electron chi connectivity index (χ2n) is 5.79. The Morgan fingerprint density at radius 3 is 2.75 bits per heavy atom. The van der Waals surface area contributed by atoms with Gasteiger partial charge in [-0.3, -0.25) is 9.59 Å². The second kappa shape index (κ2) is 6.82. The van der Waals surface area contributed by atoms with Crippen molar-refractivity contribution in [3.63, 3.8) is 0 Å². The molecule has 0 saturated carbocycles. The number of nitrogens with zero attached hydrogens (tertiary/aromatic N) is 2. The molecule has 1 atom stereocenters. The van der Waals surface area contributed by atoms with E-state index in [1.54, 1.807) is 23.2 Å². The number of aliphatic carboxylic acids is 1. The zero-order chi connectivity index (χ0) is 17.1. The number of carbonyl (C=O) groups excluding carboxylic acids is 1. The molecule has 126 valence electrons. The van der Waals surface area contributed by atoms with E-state index < -0.39 is 11.9 Å². The number of halogens is 1. The van der Waals surface area contributed by atoms with Crippen molar-refractivity contribution in [1.29, 1.82) is 0 Å². The predicted molar refractivity (Wildman–Crippen MR) is 82.5 cm³/mol. The third kappa shape index (κ3) is 3.61. The minimum absolute atomic E-state index is 0.0970. The van der Waals surface area contributed by atoms with Crippen molar-refractivity contribution in [1.82, 2.24) is 9.88 Å². The fraction of sp³-hybridized carbons (Fsp3) is 0.353. The van der Waals surface area contributed by atoms with E-state index in [-0.39, 0.29) is 24.7 Å². The van der Waals surface area contributed by atoms with E-state index in [4.69, 9.17) is 9.52 Å². The molecule has 0 aliphatic carbocycles. The lowest BCUT2D eigenvalue weighted by Crippen LogP contribution is -2.30. The Hall–Kier alpha value is -2.70. The molecule has 0 spiro atoms.